The minimum atomic E-state index is 0.452. The Balaban J connectivity index is 1.87. The van der Waals surface area contributed by atoms with Crippen LogP contribution in [0, 0.1) is 11.7 Å². The Kier molecular flexibility index (Phi) is 1.60. The quantitative estimate of drug-likeness (QED) is 0.709. The van der Waals surface area contributed by atoms with E-state index < -0.39 is 0 Å². The van der Waals surface area contributed by atoms with Crippen LogP contribution in [0.3, 0.4) is 0 Å². The first kappa shape index (κ1) is 7.76. The fourth-order valence-corrected chi connectivity index (χ4v) is 3.24. The highest BCUT2D eigenvalue weighted by Gasteiger charge is 2.52. The number of nitrogens with one attached hydrogen (secondary N) is 1. The van der Waals surface area contributed by atoms with Crippen LogP contribution in [0.4, 0.5) is 0 Å². The van der Waals surface area contributed by atoms with Gasteiger partial charge >= 0.3 is 0 Å². The Morgan fingerprint density at radius 3 is 3.00 bits per heavy atom. The summed E-state index contributed by atoms with van der Waals surface area (Å²) in [6, 6.07) is 2.44. The lowest BCUT2D eigenvalue weighted by Gasteiger charge is -2.55. The zero-order valence-corrected chi connectivity index (χ0v) is 7.97. The van der Waals surface area contributed by atoms with Gasteiger partial charge in [-0.1, -0.05) is 0 Å². The van der Waals surface area contributed by atoms with Gasteiger partial charge < -0.3 is 5.32 Å². The standard InChI is InChI=1S/C9H10N3S/c1-2-10-6-12-7(1)8-9(3-11-8)4-13-5-9/h1-2,8,11H,3-5H2. The number of thioether (sulfide) groups is 1. The number of rotatable bonds is 1. The molecule has 0 aliphatic carbocycles. The molecule has 4 heteroatoms. The summed E-state index contributed by atoms with van der Waals surface area (Å²) in [7, 11) is 0. The van der Waals surface area contributed by atoms with Crippen molar-refractivity contribution < 1.29 is 0 Å². The summed E-state index contributed by atoms with van der Waals surface area (Å²) in [5.41, 5.74) is 1.61. The number of aromatic nitrogens is 2. The monoisotopic (exact) mass is 192 g/mol. The van der Waals surface area contributed by atoms with Crippen molar-refractivity contribution in [3.05, 3.63) is 24.3 Å². The third kappa shape index (κ3) is 1.02. The average molecular weight is 192 g/mol. The van der Waals surface area contributed by atoms with Crippen LogP contribution < -0.4 is 5.32 Å². The van der Waals surface area contributed by atoms with Crippen LogP contribution in [0.1, 0.15) is 11.7 Å². The first-order chi connectivity index (χ1) is 6.41. The molecule has 3 nitrogen and oxygen atoms in total. The number of hydrogen-bond acceptors (Lipinski definition) is 4. The van der Waals surface area contributed by atoms with Crippen molar-refractivity contribution in [3.8, 4) is 0 Å². The molecular formula is C9H10N3S. The van der Waals surface area contributed by atoms with E-state index in [0.29, 0.717) is 11.5 Å². The van der Waals surface area contributed by atoms with Crippen LogP contribution in [0.2, 0.25) is 0 Å². The van der Waals surface area contributed by atoms with E-state index in [-0.39, 0.29) is 0 Å². The minimum absolute atomic E-state index is 0.452. The molecule has 2 aliphatic heterocycles. The average Bonchev–Trinajstić information content (AvgIpc) is 2.01. The van der Waals surface area contributed by atoms with Gasteiger partial charge in [-0.15, -0.1) is 0 Å². The van der Waals surface area contributed by atoms with Gasteiger partial charge in [-0.2, -0.15) is 11.8 Å². The van der Waals surface area contributed by atoms with Gasteiger partial charge in [-0.3, -0.25) is 0 Å². The molecule has 3 rings (SSSR count). The van der Waals surface area contributed by atoms with Crippen LogP contribution in [0.5, 0.6) is 0 Å². The lowest BCUT2D eigenvalue weighted by atomic mass is 9.74. The second kappa shape index (κ2) is 2.69. The molecule has 3 heterocycles. The molecule has 2 aliphatic rings. The molecule has 1 radical (unpaired) electrons. The second-order valence-corrected chi connectivity index (χ2v) is 4.74. The zero-order valence-electron chi connectivity index (χ0n) is 7.16. The molecule has 1 atom stereocenters. The van der Waals surface area contributed by atoms with Gasteiger partial charge in [0.05, 0.1) is 11.7 Å². The Bertz CT molecular complexity index is 304. The highest BCUT2D eigenvalue weighted by atomic mass is 32.2. The molecule has 0 amide bonds. The predicted octanol–water partition coefficient (Wildman–Crippen LogP) is 0.654. The van der Waals surface area contributed by atoms with E-state index in [1.807, 2.05) is 17.8 Å². The van der Waals surface area contributed by atoms with Gasteiger partial charge in [-0.25, -0.2) is 9.97 Å². The Labute approximate surface area is 81.4 Å². The van der Waals surface area contributed by atoms with E-state index in [1.54, 1.807) is 6.20 Å². The molecule has 1 aromatic heterocycles. The highest BCUT2D eigenvalue weighted by molar-refractivity contribution is 8.00. The highest BCUT2D eigenvalue weighted by Crippen LogP contribution is 2.51. The maximum atomic E-state index is 4.17. The van der Waals surface area contributed by atoms with Gasteiger partial charge in [0.2, 0.25) is 0 Å². The molecular weight excluding hydrogens is 182 g/mol. The van der Waals surface area contributed by atoms with Crippen molar-refractivity contribution in [3.63, 3.8) is 0 Å². The summed E-state index contributed by atoms with van der Waals surface area (Å²) in [6.45, 7) is 1.15. The minimum Gasteiger partial charge on any atom is -0.307 e. The van der Waals surface area contributed by atoms with E-state index in [1.165, 1.54) is 11.5 Å². The third-order valence-corrected chi connectivity index (χ3v) is 4.46. The molecule has 2 saturated heterocycles. The van der Waals surface area contributed by atoms with Crippen LogP contribution in [0.25, 0.3) is 0 Å². The molecule has 0 aromatic carbocycles. The van der Waals surface area contributed by atoms with E-state index in [4.69, 9.17) is 0 Å². The largest absolute Gasteiger partial charge is 0.307 e. The Hall–Kier alpha value is -0.610. The fourth-order valence-electron chi connectivity index (χ4n) is 1.98. The molecule has 1 aromatic rings. The van der Waals surface area contributed by atoms with Gasteiger partial charge in [0, 0.05) is 29.7 Å². The maximum Gasteiger partial charge on any atom is 0.197 e. The van der Waals surface area contributed by atoms with Crippen molar-refractivity contribution in [1.82, 2.24) is 15.3 Å². The molecule has 2 fully saturated rings. The molecule has 67 valence electrons. The van der Waals surface area contributed by atoms with Crippen molar-refractivity contribution in [1.29, 1.82) is 0 Å². The normalized spacial score (nSPS) is 29.4. The fraction of sp³-hybridized carbons (Fsp3) is 0.556. The lowest BCUT2D eigenvalue weighted by molar-refractivity contribution is 0.122. The number of nitrogens with zero attached hydrogens (tertiary/aromatic N) is 2. The topological polar surface area (TPSA) is 37.8 Å². The van der Waals surface area contributed by atoms with Crippen LogP contribution in [0.15, 0.2) is 12.3 Å². The Morgan fingerprint density at radius 2 is 2.54 bits per heavy atom. The zero-order chi connectivity index (χ0) is 8.73. The molecule has 13 heavy (non-hydrogen) atoms. The van der Waals surface area contributed by atoms with Crippen molar-refractivity contribution in [2.75, 3.05) is 18.1 Å². The first-order valence-electron chi connectivity index (χ1n) is 4.41. The summed E-state index contributed by atoms with van der Waals surface area (Å²) in [5, 5.41) is 3.43. The summed E-state index contributed by atoms with van der Waals surface area (Å²) >= 11 is 2.02. The maximum absolute atomic E-state index is 4.17. The first-order valence-corrected chi connectivity index (χ1v) is 5.56. The van der Waals surface area contributed by atoms with Gasteiger partial charge in [0.15, 0.2) is 6.33 Å². The third-order valence-electron chi connectivity index (χ3n) is 2.90. The van der Waals surface area contributed by atoms with Crippen LogP contribution in [-0.4, -0.2) is 28.0 Å². The summed E-state index contributed by atoms with van der Waals surface area (Å²) < 4.78 is 0. The van der Waals surface area contributed by atoms with Crippen LogP contribution >= 0.6 is 11.8 Å². The van der Waals surface area contributed by atoms with Crippen molar-refractivity contribution in [2.24, 2.45) is 5.41 Å². The van der Waals surface area contributed by atoms with Crippen molar-refractivity contribution >= 4 is 11.8 Å². The van der Waals surface area contributed by atoms with Gasteiger partial charge in [-0.05, 0) is 6.07 Å². The summed E-state index contributed by atoms with van der Waals surface area (Å²) in [5.74, 6) is 2.54. The molecule has 0 bridgehead atoms. The SMILES string of the molecule is [c]1nccc(C2NCC23CSC3)n1. The van der Waals surface area contributed by atoms with Crippen molar-refractivity contribution in [2.45, 2.75) is 6.04 Å². The Morgan fingerprint density at radius 1 is 1.62 bits per heavy atom. The van der Waals surface area contributed by atoms with Crippen LogP contribution in [-0.2, 0) is 0 Å². The second-order valence-electron chi connectivity index (χ2n) is 3.75. The smallest absolute Gasteiger partial charge is 0.197 e. The van der Waals surface area contributed by atoms with Gasteiger partial charge in [0.1, 0.15) is 0 Å². The number of hydrogen-bond donors (Lipinski definition) is 1. The summed E-state index contributed by atoms with van der Waals surface area (Å²) in [4.78, 5) is 7.98. The summed E-state index contributed by atoms with van der Waals surface area (Å²) in [6.07, 6.45) is 4.41. The van der Waals surface area contributed by atoms with E-state index >= 15 is 0 Å². The molecule has 1 spiro atoms. The molecule has 0 saturated carbocycles. The van der Waals surface area contributed by atoms with E-state index in [9.17, 15) is 0 Å². The predicted molar refractivity (Wildman–Crippen MR) is 51.4 cm³/mol. The van der Waals surface area contributed by atoms with E-state index in [0.717, 1.165) is 12.2 Å². The van der Waals surface area contributed by atoms with Gasteiger partial charge in [0.25, 0.3) is 0 Å². The molecule has 1 unspecified atom stereocenters. The lowest BCUT2D eigenvalue weighted by Crippen LogP contribution is -2.63. The van der Waals surface area contributed by atoms with E-state index in [2.05, 4.69) is 21.6 Å². The molecule has 1 N–H and O–H groups in total.